The number of aromatic amines is 1. The summed E-state index contributed by atoms with van der Waals surface area (Å²) in [5.74, 6) is 1.09. The van der Waals surface area contributed by atoms with Crippen molar-refractivity contribution in [3.8, 4) is 16.9 Å². The van der Waals surface area contributed by atoms with Gasteiger partial charge in [0.1, 0.15) is 16.8 Å². The minimum atomic E-state index is -0.126. The number of imidazole rings is 1. The molecule has 0 radical (unpaired) electrons. The molecule has 4 heterocycles. The van der Waals surface area contributed by atoms with Crippen LogP contribution in [0.3, 0.4) is 0 Å². The molecule has 30 heavy (non-hydrogen) atoms. The van der Waals surface area contributed by atoms with E-state index in [1.165, 1.54) is 0 Å². The van der Waals surface area contributed by atoms with E-state index in [0.717, 1.165) is 67.7 Å². The maximum absolute atomic E-state index is 12.9. The highest BCUT2D eigenvalue weighted by Gasteiger charge is 2.41. The molecule has 5 rings (SSSR count). The molecule has 9 nitrogen and oxygen atoms in total. The lowest BCUT2D eigenvalue weighted by Crippen LogP contribution is -2.37. The fraction of sp³-hybridized carbons (Fsp3) is 0.476. The van der Waals surface area contributed by atoms with Gasteiger partial charge in [-0.15, -0.1) is 0 Å². The number of aromatic nitrogens is 4. The third-order valence-corrected chi connectivity index (χ3v) is 6.35. The molecule has 3 aromatic rings. The number of amides is 2. The van der Waals surface area contributed by atoms with E-state index in [4.69, 9.17) is 9.47 Å². The lowest BCUT2D eigenvalue weighted by atomic mass is 9.80. The van der Waals surface area contributed by atoms with Crippen LogP contribution in [-0.2, 0) is 11.8 Å². The first kappa shape index (κ1) is 18.9. The van der Waals surface area contributed by atoms with Crippen molar-refractivity contribution >= 4 is 23.0 Å². The molecule has 0 aliphatic carbocycles. The average molecular weight is 410 g/mol. The molecule has 1 spiro atoms. The van der Waals surface area contributed by atoms with E-state index in [2.05, 4.69) is 20.4 Å². The summed E-state index contributed by atoms with van der Waals surface area (Å²) in [4.78, 5) is 22.7. The van der Waals surface area contributed by atoms with E-state index in [1.807, 2.05) is 30.3 Å². The Kier molecular flexibility index (Phi) is 4.62. The van der Waals surface area contributed by atoms with Gasteiger partial charge in [0, 0.05) is 50.7 Å². The number of benzene rings is 1. The maximum atomic E-state index is 12.9. The number of nitrogens with one attached hydrogen (secondary N) is 2. The number of carbonyl (C=O) groups is 1. The van der Waals surface area contributed by atoms with E-state index in [0.29, 0.717) is 11.7 Å². The molecule has 0 saturated carbocycles. The summed E-state index contributed by atoms with van der Waals surface area (Å²) in [6, 6.07) is 3.73. The number of nitrogens with zero attached hydrogens (tertiary/aromatic N) is 4. The smallest absolute Gasteiger partial charge is 0.324 e. The topological polar surface area (TPSA) is 97.3 Å². The number of aryl methyl sites for hydroxylation is 1. The number of hydrogen-bond donors (Lipinski definition) is 2. The molecular weight excluding hydrogens is 384 g/mol. The molecule has 0 bridgehead atoms. The third kappa shape index (κ3) is 3.28. The van der Waals surface area contributed by atoms with Gasteiger partial charge >= 0.3 is 6.03 Å². The SMILES string of the molecule is COc1ccc(-c2cnn(C)c2)c2nc(NC(=O)N3CCC4(CCOCC4)C3)[nH]c12. The number of urea groups is 1. The highest BCUT2D eigenvalue weighted by Crippen LogP contribution is 2.40. The van der Waals surface area contributed by atoms with E-state index >= 15 is 0 Å². The Bertz CT molecular complexity index is 1080. The second-order valence-corrected chi connectivity index (χ2v) is 8.24. The normalized spacial score (nSPS) is 18.3. The third-order valence-electron chi connectivity index (χ3n) is 6.35. The lowest BCUT2D eigenvalue weighted by Gasteiger charge is -2.33. The van der Waals surface area contributed by atoms with Crippen LogP contribution < -0.4 is 10.1 Å². The van der Waals surface area contributed by atoms with Crippen molar-refractivity contribution in [1.82, 2.24) is 24.6 Å². The molecule has 2 amide bonds. The van der Waals surface area contributed by atoms with Crippen molar-refractivity contribution in [2.24, 2.45) is 12.5 Å². The number of fused-ring (bicyclic) bond motifs is 1. The van der Waals surface area contributed by atoms with E-state index in [9.17, 15) is 4.79 Å². The Morgan fingerprint density at radius 1 is 1.30 bits per heavy atom. The van der Waals surface area contributed by atoms with Gasteiger partial charge in [-0.05, 0) is 36.8 Å². The van der Waals surface area contributed by atoms with E-state index in [-0.39, 0.29) is 11.4 Å². The summed E-state index contributed by atoms with van der Waals surface area (Å²) in [5, 5.41) is 7.20. The highest BCUT2D eigenvalue weighted by molar-refractivity contribution is 5.98. The zero-order valence-corrected chi connectivity index (χ0v) is 17.3. The van der Waals surface area contributed by atoms with Crippen molar-refractivity contribution in [2.45, 2.75) is 19.3 Å². The Hall–Kier alpha value is -3.07. The Morgan fingerprint density at radius 3 is 2.87 bits per heavy atom. The molecule has 0 unspecified atom stereocenters. The zero-order valence-electron chi connectivity index (χ0n) is 17.3. The fourth-order valence-electron chi connectivity index (χ4n) is 4.59. The van der Waals surface area contributed by atoms with Crippen LogP contribution in [0.2, 0.25) is 0 Å². The number of rotatable bonds is 3. The predicted octanol–water partition coefficient (Wildman–Crippen LogP) is 3.01. The summed E-state index contributed by atoms with van der Waals surface area (Å²) in [7, 11) is 3.50. The van der Waals surface area contributed by atoms with Gasteiger partial charge in [0.05, 0.1) is 13.3 Å². The fourth-order valence-corrected chi connectivity index (χ4v) is 4.59. The molecule has 2 aliphatic rings. The molecule has 2 aliphatic heterocycles. The zero-order chi connectivity index (χ0) is 20.7. The van der Waals surface area contributed by atoms with Crippen molar-refractivity contribution < 1.29 is 14.3 Å². The first-order valence-corrected chi connectivity index (χ1v) is 10.3. The molecule has 9 heteroatoms. The largest absolute Gasteiger partial charge is 0.494 e. The van der Waals surface area contributed by atoms with Crippen LogP contribution in [0.1, 0.15) is 19.3 Å². The van der Waals surface area contributed by atoms with Crippen molar-refractivity contribution in [3.05, 3.63) is 24.5 Å². The van der Waals surface area contributed by atoms with E-state index < -0.39 is 0 Å². The lowest BCUT2D eigenvalue weighted by molar-refractivity contribution is 0.0211. The first-order chi connectivity index (χ1) is 14.6. The minimum absolute atomic E-state index is 0.126. The van der Waals surface area contributed by atoms with Gasteiger partial charge in [-0.1, -0.05) is 0 Å². The summed E-state index contributed by atoms with van der Waals surface area (Å²) >= 11 is 0. The number of ether oxygens (including phenoxy) is 2. The molecular formula is C21H26N6O3. The van der Waals surface area contributed by atoms with Crippen LogP contribution in [0.15, 0.2) is 24.5 Å². The summed E-state index contributed by atoms with van der Waals surface area (Å²) in [6.45, 7) is 3.11. The van der Waals surface area contributed by atoms with Crippen LogP contribution in [0, 0.1) is 5.41 Å². The van der Waals surface area contributed by atoms with Gasteiger partial charge in [-0.2, -0.15) is 5.10 Å². The quantitative estimate of drug-likeness (QED) is 0.692. The van der Waals surface area contributed by atoms with Gasteiger partial charge < -0.3 is 19.4 Å². The van der Waals surface area contributed by atoms with Crippen molar-refractivity contribution in [1.29, 1.82) is 0 Å². The molecule has 158 valence electrons. The van der Waals surface area contributed by atoms with Crippen LogP contribution in [-0.4, -0.2) is 64.1 Å². The monoisotopic (exact) mass is 410 g/mol. The number of carbonyl (C=O) groups excluding carboxylic acids is 1. The van der Waals surface area contributed by atoms with Crippen LogP contribution in [0.25, 0.3) is 22.2 Å². The van der Waals surface area contributed by atoms with Crippen LogP contribution >= 0.6 is 0 Å². The Balaban J connectivity index is 1.40. The minimum Gasteiger partial charge on any atom is -0.494 e. The summed E-state index contributed by atoms with van der Waals surface area (Å²) < 4.78 is 12.7. The Morgan fingerprint density at radius 2 is 2.13 bits per heavy atom. The number of anilines is 1. The number of likely N-dealkylation sites (tertiary alicyclic amines) is 1. The van der Waals surface area contributed by atoms with Gasteiger partial charge in [-0.3, -0.25) is 10.00 Å². The summed E-state index contributed by atoms with van der Waals surface area (Å²) in [5.41, 5.74) is 3.57. The van der Waals surface area contributed by atoms with Crippen LogP contribution in [0.4, 0.5) is 10.7 Å². The summed E-state index contributed by atoms with van der Waals surface area (Å²) in [6.07, 6.45) is 6.81. The molecule has 2 aromatic heterocycles. The standard InChI is InChI=1S/C21H26N6O3/c1-26-12-14(11-22-26)15-3-4-16(29-2)18-17(15)23-19(24-18)25-20(28)27-8-5-21(13-27)6-9-30-10-7-21/h3-4,11-12H,5-10,13H2,1-2H3,(H2,23,24,25,28). The van der Waals surface area contributed by atoms with Crippen LogP contribution in [0.5, 0.6) is 5.75 Å². The maximum Gasteiger partial charge on any atom is 0.324 e. The molecule has 2 N–H and O–H groups in total. The van der Waals surface area contributed by atoms with Gasteiger partial charge in [-0.25, -0.2) is 9.78 Å². The highest BCUT2D eigenvalue weighted by atomic mass is 16.5. The predicted molar refractivity (Wildman–Crippen MR) is 113 cm³/mol. The average Bonchev–Trinajstić information content (AvgIpc) is 3.47. The number of H-pyrrole nitrogens is 1. The molecule has 2 fully saturated rings. The number of hydrogen-bond acceptors (Lipinski definition) is 5. The van der Waals surface area contributed by atoms with Crippen molar-refractivity contribution in [3.63, 3.8) is 0 Å². The van der Waals surface area contributed by atoms with Gasteiger partial charge in [0.25, 0.3) is 0 Å². The molecule has 1 aromatic carbocycles. The van der Waals surface area contributed by atoms with Gasteiger partial charge in [0.2, 0.25) is 5.95 Å². The Labute approximate surface area is 174 Å². The van der Waals surface area contributed by atoms with E-state index in [1.54, 1.807) is 18.0 Å². The number of methoxy groups -OCH3 is 1. The second-order valence-electron chi connectivity index (χ2n) is 8.24. The molecule has 2 saturated heterocycles. The molecule has 0 atom stereocenters. The second kappa shape index (κ2) is 7.32. The first-order valence-electron chi connectivity index (χ1n) is 10.3. The van der Waals surface area contributed by atoms with Crippen molar-refractivity contribution in [2.75, 3.05) is 38.7 Å². The van der Waals surface area contributed by atoms with Gasteiger partial charge in [0.15, 0.2) is 0 Å².